The summed E-state index contributed by atoms with van der Waals surface area (Å²) in [6.07, 6.45) is 7.07. The van der Waals surface area contributed by atoms with Gasteiger partial charge in [0.1, 0.15) is 17.5 Å². The minimum atomic E-state index is 0.192. The van der Waals surface area contributed by atoms with Gasteiger partial charge >= 0.3 is 0 Å². The number of hydrogen-bond donors (Lipinski definition) is 2. The molecule has 1 aromatic rings. The fourth-order valence-electron chi connectivity index (χ4n) is 3.21. The van der Waals surface area contributed by atoms with Gasteiger partial charge < -0.3 is 15.3 Å². The summed E-state index contributed by atoms with van der Waals surface area (Å²) in [7, 11) is 1.92. The van der Waals surface area contributed by atoms with Gasteiger partial charge in [-0.15, -0.1) is 0 Å². The lowest BCUT2D eigenvalue weighted by molar-refractivity contribution is 0.254. The first-order valence-corrected chi connectivity index (χ1v) is 8.18. The van der Waals surface area contributed by atoms with Crippen molar-refractivity contribution >= 4 is 11.6 Å². The van der Waals surface area contributed by atoms with Gasteiger partial charge in [-0.25, -0.2) is 9.97 Å². The van der Waals surface area contributed by atoms with Gasteiger partial charge in [-0.2, -0.15) is 0 Å². The van der Waals surface area contributed by atoms with Gasteiger partial charge in [-0.1, -0.05) is 12.8 Å². The Balaban J connectivity index is 1.99. The molecule has 0 spiro atoms. The maximum atomic E-state index is 9.76. The largest absolute Gasteiger partial charge is 0.394 e. The zero-order chi connectivity index (χ0) is 14.8. The van der Waals surface area contributed by atoms with Crippen molar-refractivity contribution in [2.24, 2.45) is 0 Å². The number of nitrogens with zero attached hydrogens (tertiary/aromatic N) is 3. The molecule has 0 amide bonds. The van der Waals surface area contributed by atoms with Gasteiger partial charge in [-0.05, 0) is 32.6 Å². The average Bonchev–Trinajstić information content (AvgIpc) is 3.34. The van der Waals surface area contributed by atoms with Crippen LogP contribution in [-0.2, 0) is 0 Å². The quantitative estimate of drug-likeness (QED) is 0.892. The first-order valence-electron chi connectivity index (χ1n) is 8.18. The maximum absolute atomic E-state index is 9.76. The standard InChI is InChI=1S/C16H26N4O/c1-11-14(17-2)18-15(12-7-8-12)19-16(11)20-9-5-3-4-6-13(20)10-21/h12-13,21H,3-10H2,1-2H3,(H,17,18,19). The van der Waals surface area contributed by atoms with Crippen molar-refractivity contribution in [3.05, 3.63) is 11.4 Å². The van der Waals surface area contributed by atoms with E-state index in [1.807, 2.05) is 7.05 Å². The lowest BCUT2D eigenvalue weighted by Crippen LogP contribution is -2.39. The zero-order valence-electron chi connectivity index (χ0n) is 13.1. The number of aliphatic hydroxyl groups excluding tert-OH is 1. The summed E-state index contributed by atoms with van der Waals surface area (Å²) in [4.78, 5) is 11.9. The minimum absolute atomic E-state index is 0.192. The number of anilines is 2. The van der Waals surface area contributed by atoms with Crippen LogP contribution >= 0.6 is 0 Å². The second-order valence-electron chi connectivity index (χ2n) is 6.28. The molecule has 5 nitrogen and oxygen atoms in total. The van der Waals surface area contributed by atoms with Crippen LogP contribution in [0.25, 0.3) is 0 Å². The molecule has 2 fully saturated rings. The number of aromatic nitrogens is 2. The predicted octanol–water partition coefficient (Wildman–Crippen LogP) is 2.45. The number of rotatable bonds is 4. The van der Waals surface area contributed by atoms with Crippen molar-refractivity contribution in [3.63, 3.8) is 0 Å². The molecule has 3 rings (SSSR count). The molecule has 2 aliphatic rings. The van der Waals surface area contributed by atoms with Gasteiger partial charge in [0.05, 0.1) is 12.6 Å². The van der Waals surface area contributed by atoms with Crippen LogP contribution in [0.3, 0.4) is 0 Å². The Morgan fingerprint density at radius 1 is 1.19 bits per heavy atom. The summed E-state index contributed by atoms with van der Waals surface area (Å²) in [6.45, 7) is 3.27. The van der Waals surface area contributed by atoms with E-state index in [9.17, 15) is 5.11 Å². The van der Waals surface area contributed by atoms with E-state index in [-0.39, 0.29) is 12.6 Å². The molecule has 2 N–H and O–H groups in total. The summed E-state index contributed by atoms with van der Waals surface area (Å²) >= 11 is 0. The van der Waals surface area contributed by atoms with E-state index in [0.29, 0.717) is 5.92 Å². The molecular weight excluding hydrogens is 264 g/mol. The maximum Gasteiger partial charge on any atom is 0.137 e. The molecule has 1 saturated heterocycles. The van der Waals surface area contributed by atoms with Gasteiger partial charge in [0, 0.05) is 25.1 Å². The highest BCUT2D eigenvalue weighted by Gasteiger charge is 2.30. The predicted molar refractivity (Wildman–Crippen MR) is 85.0 cm³/mol. The van der Waals surface area contributed by atoms with Crippen LogP contribution in [-0.4, -0.2) is 41.3 Å². The molecule has 1 aromatic heterocycles. The summed E-state index contributed by atoms with van der Waals surface area (Å²) in [5.41, 5.74) is 1.10. The van der Waals surface area contributed by atoms with Crippen LogP contribution in [0.2, 0.25) is 0 Å². The Bertz CT molecular complexity index is 501. The molecule has 21 heavy (non-hydrogen) atoms. The summed E-state index contributed by atoms with van der Waals surface area (Å²) in [6, 6.07) is 0.192. The molecule has 0 bridgehead atoms. The van der Waals surface area contributed by atoms with Gasteiger partial charge in [-0.3, -0.25) is 0 Å². The van der Waals surface area contributed by atoms with Crippen LogP contribution in [0.5, 0.6) is 0 Å². The molecule has 1 aliphatic carbocycles. The Kier molecular flexibility index (Phi) is 4.29. The van der Waals surface area contributed by atoms with E-state index in [1.165, 1.54) is 32.1 Å². The third kappa shape index (κ3) is 2.98. The van der Waals surface area contributed by atoms with Crippen LogP contribution in [0.15, 0.2) is 0 Å². The molecule has 116 valence electrons. The molecule has 1 atom stereocenters. The molecule has 0 radical (unpaired) electrons. The fraction of sp³-hybridized carbons (Fsp3) is 0.750. The minimum Gasteiger partial charge on any atom is -0.394 e. The van der Waals surface area contributed by atoms with Crippen molar-refractivity contribution in [2.75, 3.05) is 30.4 Å². The van der Waals surface area contributed by atoms with Crippen LogP contribution in [0, 0.1) is 6.92 Å². The van der Waals surface area contributed by atoms with Crippen LogP contribution in [0.1, 0.15) is 55.8 Å². The lowest BCUT2D eigenvalue weighted by Gasteiger charge is -2.31. The molecular formula is C16H26N4O. The Labute approximate surface area is 126 Å². The van der Waals surface area contributed by atoms with E-state index < -0.39 is 0 Å². The van der Waals surface area contributed by atoms with Crippen molar-refractivity contribution in [3.8, 4) is 0 Å². The first-order chi connectivity index (χ1) is 10.2. The number of hydrogen-bond acceptors (Lipinski definition) is 5. The van der Waals surface area contributed by atoms with Crippen molar-refractivity contribution in [1.29, 1.82) is 0 Å². The highest BCUT2D eigenvalue weighted by Crippen LogP contribution is 2.40. The molecule has 5 heteroatoms. The lowest BCUT2D eigenvalue weighted by atomic mass is 10.1. The second kappa shape index (κ2) is 6.18. The number of nitrogens with one attached hydrogen (secondary N) is 1. The van der Waals surface area contributed by atoms with E-state index >= 15 is 0 Å². The molecule has 1 saturated carbocycles. The van der Waals surface area contributed by atoms with Gasteiger partial charge in [0.15, 0.2) is 0 Å². The normalized spacial score (nSPS) is 23.0. The van der Waals surface area contributed by atoms with E-state index in [1.54, 1.807) is 0 Å². The molecule has 2 heterocycles. The second-order valence-corrected chi connectivity index (χ2v) is 6.28. The Morgan fingerprint density at radius 3 is 2.67 bits per heavy atom. The van der Waals surface area contributed by atoms with E-state index in [2.05, 4.69) is 22.1 Å². The highest BCUT2D eigenvalue weighted by molar-refractivity contribution is 5.59. The Hall–Kier alpha value is -1.36. The highest BCUT2D eigenvalue weighted by atomic mass is 16.3. The van der Waals surface area contributed by atoms with Crippen molar-refractivity contribution in [1.82, 2.24) is 9.97 Å². The molecule has 1 aliphatic heterocycles. The van der Waals surface area contributed by atoms with Crippen LogP contribution in [0.4, 0.5) is 11.6 Å². The number of aliphatic hydroxyl groups is 1. The summed E-state index contributed by atoms with van der Waals surface area (Å²) in [5.74, 6) is 3.47. The molecule has 1 unspecified atom stereocenters. The third-order valence-corrected chi connectivity index (χ3v) is 4.68. The average molecular weight is 290 g/mol. The van der Waals surface area contributed by atoms with Gasteiger partial charge in [0.25, 0.3) is 0 Å². The van der Waals surface area contributed by atoms with Crippen molar-refractivity contribution in [2.45, 2.75) is 57.4 Å². The van der Waals surface area contributed by atoms with Crippen LogP contribution < -0.4 is 10.2 Å². The third-order valence-electron chi connectivity index (χ3n) is 4.68. The van der Waals surface area contributed by atoms with Gasteiger partial charge in [0.2, 0.25) is 0 Å². The molecule has 0 aromatic carbocycles. The fourth-order valence-corrected chi connectivity index (χ4v) is 3.21. The smallest absolute Gasteiger partial charge is 0.137 e. The SMILES string of the molecule is CNc1nc(C2CC2)nc(N2CCCCCC2CO)c1C. The topological polar surface area (TPSA) is 61.3 Å². The zero-order valence-corrected chi connectivity index (χ0v) is 13.1. The van der Waals surface area contributed by atoms with E-state index in [4.69, 9.17) is 4.98 Å². The van der Waals surface area contributed by atoms with Crippen molar-refractivity contribution < 1.29 is 5.11 Å². The first kappa shape index (κ1) is 14.6. The van der Waals surface area contributed by atoms with E-state index in [0.717, 1.165) is 36.0 Å². The summed E-state index contributed by atoms with van der Waals surface area (Å²) < 4.78 is 0. The summed E-state index contributed by atoms with van der Waals surface area (Å²) in [5, 5.41) is 13.0. The monoisotopic (exact) mass is 290 g/mol. The Morgan fingerprint density at radius 2 is 2.00 bits per heavy atom.